The molecule has 0 aliphatic rings. The first kappa shape index (κ1) is 14.1. The third-order valence-electron chi connectivity index (χ3n) is 2.69. The Morgan fingerprint density at radius 3 is 2.75 bits per heavy atom. The lowest BCUT2D eigenvalue weighted by molar-refractivity contribution is 0.0691. The molecule has 1 heterocycles. The lowest BCUT2D eigenvalue weighted by atomic mass is 10.1. The minimum atomic E-state index is -0.956. The molecule has 0 fully saturated rings. The van der Waals surface area contributed by atoms with Crippen LogP contribution in [0.3, 0.4) is 0 Å². The van der Waals surface area contributed by atoms with Gasteiger partial charge in [0.05, 0.1) is 17.0 Å². The number of anilines is 1. The van der Waals surface area contributed by atoms with E-state index < -0.39 is 5.60 Å². The Hall–Kier alpha value is -2.34. The summed E-state index contributed by atoms with van der Waals surface area (Å²) in [5.41, 5.74) is 6.48. The number of nitrogens with two attached hydrogens (primary N) is 1. The van der Waals surface area contributed by atoms with Crippen molar-refractivity contribution in [2.45, 2.75) is 19.4 Å². The van der Waals surface area contributed by atoms with Gasteiger partial charge >= 0.3 is 0 Å². The summed E-state index contributed by atoms with van der Waals surface area (Å²) >= 11 is 0. The maximum absolute atomic E-state index is 11.9. The summed E-state index contributed by atoms with van der Waals surface area (Å²) in [5, 5.41) is 16.4. The predicted octanol–water partition coefficient (Wildman–Crippen LogP) is 0.955. The number of carbonyl (C=O) groups is 1. The Morgan fingerprint density at radius 1 is 1.40 bits per heavy atom. The molecule has 1 amide bonds. The first-order valence-electron chi connectivity index (χ1n) is 6.28. The van der Waals surface area contributed by atoms with Crippen molar-refractivity contribution in [2.24, 2.45) is 0 Å². The van der Waals surface area contributed by atoms with Crippen LogP contribution in [0.1, 0.15) is 24.3 Å². The van der Waals surface area contributed by atoms with Crippen molar-refractivity contribution in [1.82, 2.24) is 15.1 Å². The van der Waals surface area contributed by atoms with E-state index in [4.69, 9.17) is 5.73 Å². The maximum Gasteiger partial charge on any atom is 0.271 e. The summed E-state index contributed by atoms with van der Waals surface area (Å²) in [7, 11) is 0. The van der Waals surface area contributed by atoms with Crippen molar-refractivity contribution in [1.29, 1.82) is 0 Å². The smallest absolute Gasteiger partial charge is 0.271 e. The summed E-state index contributed by atoms with van der Waals surface area (Å²) in [5.74, 6) is -0.333. The van der Waals surface area contributed by atoms with E-state index >= 15 is 0 Å². The number of amides is 1. The number of nitrogen functional groups attached to an aromatic ring is 1. The zero-order chi connectivity index (χ0) is 14.8. The van der Waals surface area contributed by atoms with Gasteiger partial charge in [-0.2, -0.15) is 5.10 Å². The number of carbonyl (C=O) groups excluding carboxylic acids is 1. The van der Waals surface area contributed by atoms with E-state index in [0.29, 0.717) is 11.4 Å². The first-order valence-corrected chi connectivity index (χ1v) is 6.28. The number of hydrogen-bond donors (Lipinski definition) is 3. The molecule has 4 N–H and O–H groups in total. The van der Waals surface area contributed by atoms with Gasteiger partial charge in [-0.15, -0.1) is 0 Å². The zero-order valence-corrected chi connectivity index (χ0v) is 11.5. The number of benzene rings is 1. The van der Waals surface area contributed by atoms with Crippen LogP contribution in [0.4, 0.5) is 5.69 Å². The second-order valence-corrected chi connectivity index (χ2v) is 5.20. The van der Waals surface area contributed by atoms with Crippen LogP contribution in [0.2, 0.25) is 0 Å². The quantitative estimate of drug-likeness (QED) is 0.724. The molecule has 0 aliphatic carbocycles. The number of para-hydroxylation sites is 2. The Bertz CT molecular complexity index is 614. The van der Waals surface area contributed by atoms with Gasteiger partial charge in [-0.1, -0.05) is 12.1 Å². The van der Waals surface area contributed by atoms with Crippen molar-refractivity contribution >= 4 is 11.6 Å². The molecule has 0 saturated heterocycles. The summed E-state index contributed by atoms with van der Waals surface area (Å²) in [6.07, 6.45) is 1.67. The van der Waals surface area contributed by atoms with E-state index in [1.165, 1.54) is 0 Å². The summed E-state index contributed by atoms with van der Waals surface area (Å²) in [6, 6.07) is 8.87. The van der Waals surface area contributed by atoms with Crippen LogP contribution in [0.15, 0.2) is 36.5 Å². The van der Waals surface area contributed by atoms with Gasteiger partial charge in [0, 0.05) is 12.7 Å². The minimum Gasteiger partial charge on any atom is -0.397 e. The van der Waals surface area contributed by atoms with E-state index in [0.717, 1.165) is 0 Å². The van der Waals surface area contributed by atoms with Gasteiger partial charge in [0.2, 0.25) is 0 Å². The topological polar surface area (TPSA) is 93.2 Å². The average molecular weight is 274 g/mol. The van der Waals surface area contributed by atoms with Crippen LogP contribution in [0.5, 0.6) is 0 Å². The van der Waals surface area contributed by atoms with E-state index in [1.54, 1.807) is 36.9 Å². The van der Waals surface area contributed by atoms with Gasteiger partial charge < -0.3 is 16.2 Å². The highest BCUT2D eigenvalue weighted by Crippen LogP contribution is 2.15. The highest BCUT2D eigenvalue weighted by molar-refractivity contribution is 5.92. The second kappa shape index (κ2) is 5.34. The second-order valence-electron chi connectivity index (χ2n) is 5.20. The minimum absolute atomic E-state index is 0.159. The third kappa shape index (κ3) is 3.36. The van der Waals surface area contributed by atoms with Gasteiger partial charge in [-0.3, -0.25) is 4.79 Å². The molecule has 106 valence electrons. The number of rotatable bonds is 4. The number of aliphatic hydroxyl groups is 1. The molecule has 2 rings (SSSR count). The molecule has 6 nitrogen and oxygen atoms in total. The van der Waals surface area contributed by atoms with Gasteiger partial charge in [0.25, 0.3) is 5.91 Å². The normalized spacial score (nSPS) is 11.3. The fourth-order valence-corrected chi connectivity index (χ4v) is 1.66. The molecular formula is C14H18N4O2. The van der Waals surface area contributed by atoms with E-state index in [1.807, 2.05) is 18.2 Å². The monoisotopic (exact) mass is 274 g/mol. The molecule has 0 radical (unpaired) electrons. The molecule has 6 heteroatoms. The largest absolute Gasteiger partial charge is 0.397 e. The van der Waals surface area contributed by atoms with Gasteiger partial charge in [0.1, 0.15) is 0 Å². The fourth-order valence-electron chi connectivity index (χ4n) is 1.66. The summed E-state index contributed by atoms with van der Waals surface area (Å²) in [6.45, 7) is 3.40. The van der Waals surface area contributed by atoms with Crippen LogP contribution in [0, 0.1) is 0 Å². The Morgan fingerprint density at radius 2 is 2.10 bits per heavy atom. The molecular weight excluding hydrogens is 256 g/mol. The van der Waals surface area contributed by atoms with Gasteiger partial charge in [0.15, 0.2) is 5.69 Å². The highest BCUT2D eigenvalue weighted by atomic mass is 16.3. The van der Waals surface area contributed by atoms with Crippen molar-refractivity contribution in [3.05, 3.63) is 42.2 Å². The van der Waals surface area contributed by atoms with E-state index in [2.05, 4.69) is 10.4 Å². The van der Waals surface area contributed by atoms with Crippen LogP contribution in [0.25, 0.3) is 5.69 Å². The molecule has 0 unspecified atom stereocenters. The number of nitrogens with zero attached hydrogens (tertiary/aromatic N) is 2. The van der Waals surface area contributed by atoms with Crippen LogP contribution in [-0.2, 0) is 0 Å². The van der Waals surface area contributed by atoms with Crippen molar-refractivity contribution in [2.75, 3.05) is 12.3 Å². The molecule has 0 saturated carbocycles. The SMILES string of the molecule is CC(C)(O)CNC(=O)c1ccn(-c2ccccc2N)n1. The summed E-state index contributed by atoms with van der Waals surface area (Å²) < 4.78 is 1.55. The first-order chi connectivity index (χ1) is 9.37. The zero-order valence-electron chi connectivity index (χ0n) is 11.5. The molecule has 20 heavy (non-hydrogen) atoms. The van der Waals surface area contributed by atoms with Gasteiger partial charge in [-0.25, -0.2) is 4.68 Å². The van der Waals surface area contributed by atoms with Gasteiger partial charge in [-0.05, 0) is 32.0 Å². The molecule has 0 atom stereocenters. The summed E-state index contributed by atoms with van der Waals surface area (Å²) in [4.78, 5) is 11.9. The standard InChI is InChI=1S/C14H18N4O2/c1-14(2,20)9-16-13(19)11-7-8-18(17-11)12-6-4-3-5-10(12)15/h3-8,20H,9,15H2,1-2H3,(H,16,19). The van der Waals surface area contributed by atoms with Crippen LogP contribution < -0.4 is 11.1 Å². The molecule has 2 aromatic rings. The molecule has 0 bridgehead atoms. The maximum atomic E-state index is 11.9. The molecule has 0 aliphatic heterocycles. The number of nitrogens with one attached hydrogen (secondary N) is 1. The third-order valence-corrected chi connectivity index (χ3v) is 2.69. The van der Waals surface area contributed by atoms with E-state index in [-0.39, 0.29) is 18.1 Å². The van der Waals surface area contributed by atoms with Crippen molar-refractivity contribution in [3.8, 4) is 5.69 Å². The van der Waals surface area contributed by atoms with Crippen LogP contribution in [-0.4, -0.2) is 32.9 Å². The number of hydrogen-bond acceptors (Lipinski definition) is 4. The van der Waals surface area contributed by atoms with Crippen molar-refractivity contribution < 1.29 is 9.90 Å². The van der Waals surface area contributed by atoms with Crippen molar-refractivity contribution in [3.63, 3.8) is 0 Å². The van der Waals surface area contributed by atoms with E-state index in [9.17, 15) is 9.90 Å². The Labute approximate surface area is 117 Å². The molecule has 1 aromatic heterocycles. The van der Waals surface area contributed by atoms with Crippen LogP contribution >= 0.6 is 0 Å². The lowest BCUT2D eigenvalue weighted by Crippen LogP contribution is -2.38. The Kier molecular flexibility index (Phi) is 3.76. The lowest BCUT2D eigenvalue weighted by Gasteiger charge is -2.16. The molecule has 0 spiro atoms. The Balaban J connectivity index is 2.13. The molecule has 1 aromatic carbocycles. The highest BCUT2D eigenvalue weighted by Gasteiger charge is 2.16. The fraction of sp³-hybridized carbons (Fsp3) is 0.286. The number of aromatic nitrogens is 2. The average Bonchev–Trinajstić information content (AvgIpc) is 2.85. The predicted molar refractivity (Wildman–Crippen MR) is 76.6 cm³/mol.